The molecule has 2 aromatic heterocycles. The average molecular weight is 280 g/mol. The number of benzene rings is 1. The summed E-state index contributed by atoms with van der Waals surface area (Å²) in [5.41, 5.74) is 1.67. The number of aromatic nitrogens is 4. The second-order valence-electron chi connectivity index (χ2n) is 5.13. The molecule has 4 rings (SSSR count). The number of hydrogen-bond acceptors (Lipinski definition) is 4. The normalized spacial score (nSPS) is 14.5. The molecule has 1 aromatic carbocycles. The Bertz CT molecular complexity index is 847. The van der Waals surface area contributed by atoms with E-state index in [9.17, 15) is 4.79 Å². The molecule has 0 saturated heterocycles. The lowest BCUT2D eigenvalue weighted by Crippen LogP contribution is -2.04. The van der Waals surface area contributed by atoms with Gasteiger partial charge in [-0.3, -0.25) is 4.98 Å². The Morgan fingerprint density at radius 1 is 1.24 bits per heavy atom. The first kappa shape index (κ1) is 12.0. The molecule has 0 spiro atoms. The monoisotopic (exact) mass is 280 g/mol. The van der Waals surface area contributed by atoms with E-state index in [0.29, 0.717) is 5.92 Å². The van der Waals surface area contributed by atoms with Gasteiger partial charge in [0.1, 0.15) is 5.82 Å². The van der Waals surface area contributed by atoms with Gasteiger partial charge in [0.2, 0.25) is 0 Å². The van der Waals surface area contributed by atoms with E-state index in [1.54, 1.807) is 10.9 Å². The molecule has 1 aliphatic rings. The first-order valence-corrected chi connectivity index (χ1v) is 6.78. The van der Waals surface area contributed by atoms with Gasteiger partial charge in [0.25, 0.3) is 5.82 Å². The van der Waals surface area contributed by atoms with E-state index >= 15 is 0 Å². The second-order valence-corrected chi connectivity index (χ2v) is 5.13. The average Bonchev–Trinajstić information content (AvgIpc) is 3.25. The van der Waals surface area contributed by atoms with E-state index in [-0.39, 0.29) is 5.82 Å². The highest BCUT2D eigenvalue weighted by Gasteiger charge is 2.31. The standard InChI is InChI=1S/C15H12N4O2/c20-15(21)13-17-14(9-6-7-9)19(18-13)12-5-1-4-11-10(12)3-2-8-16-11/h1-5,8-9H,6-7H2,(H,20,21). The first-order chi connectivity index (χ1) is 10.2. The van der Waals surface area contributed by atoms with Crippen molar-refractivity contribution in [2.45, 2.75) is 18.8 Å². The van der Waals surface area contributed by atoms with Gasteiger partial charge < -0.3 is 5.11 Å². The van der Waals surface area contributed by atoms with E-state index in [1.165, 1.54) is 0 Å². The second kappa shape index (κ2) is 4.37. The third-order valence-electron chi connectivity index (χ3n) is 3.62. The predicted octanol–water partition coefficient (Wildman–Crippen LogP) is 2.39. The van der Waals surface area contributed by atoms with E-state index < -0.39 is 5.97 Å². The fraction of sp³-hybridized carbons (Fsp3) is 0.200. The number of pyridine rings is 1. The largest absolute Gasteiger partial charge is 0.475 e. The fourth-order valence-corrected chi connectivity index (χ4v) is 2.47. The zero-order chi connectivity index (χ0) is 14.4. The van der Waals surface area contributed by atoms with Gasteiger partial charge in [-0.2, -0.15) is 0 Å². The third kappa shape index (κ3) is 1.96. The van der Waals surface area contributed by atoms with Crippen molar-refractivity contribution in [2.75, 3.05) is 0 Å². The molecule has 2 heterocycles. The fourth-order valence-electron chi connectivity index (χ4n) is 2.47. The zero-order valence-corrected chi connectivity index (χ0v) is 11.1. The van der Waals surface area contributed by atoms with Gasteiger partial charge in [-0.1, -0.05) is 6.07 Å². The molecule has 3 aromatic rings. The van der Waals surface area contributed by atoms with Gasteiger partial charge in [0.05, 0.1) is 11.2 Å². The minimum absolute atomic E-state index is 0.155. The summed E-state index contributed by atoms with van der Waals surface area (Å²) in [4.78, 5) is 19.7. The summed E-state index contributed by atoms with van der Waals surface area (Å²) in [5, 5.41) is 14.2. The number of fused-ring (bicyclic) bond motifs is 1. The Morgan fingerprint density at radius 2 is 2.10 bits per heavy atom. The highest BCUT2D eigenvalue weighted by molar-refractivity contribution is 5.87. The molecule has 0 bridgehead atoms. The van der Waals surface area contributed by atoms with Crippen LogP contribution in [0.25, 0.3) is 16.6 Å². The summed E-state index contributed by atoms with van der Waals surface area (Å²) >= 11 is 0. The first-order valence-electron chi connectivity index (χ1n) is 6.78. The molecule has 1 fully saturated rings. The maximum atomic E-state index is 11.2. The van der Waals surface area contributed by atoms with Crippen molar-refractivity contribution in [3.63, 3.8) is 0 Å². The summed E-state index contributed by atoms with van der Waals surface area (Å²) < 4.78 is 1.66. The molecule has 0 radical (unpaired) electrons. The summed E-state index contributed by atoms with van der Waals surface area (Å²) in [5.74, 6) is -0.229. The van der Waals surface area contributed by atoms with Crippen LogP contribution in [-0.2, 0) is 0 Å². The van der Waals surface area contributed by atoms with Crippen LogP contribution in [0.2, 0.25) is 0 Å². The Hall–Kier alpha value is -2.76. The van der Waals surface area contributed by atoms with Crippen LogP contribution in [-0.4, -0.2) is 30.8 Å². The number of carboxylic acid groups (broad SMARTS) is 1. The van der Waals surface area contributed by atoms with E-state index in [4.69, 9.17) is 5.11 Å². The molecular formula is C15H12N4O2. The molecule has 6 nitrogen and oxygen atoms in total. The van der Waals surface area contributed by atoms with Gasteiger partial charge in [0, 0.05) is 17.5 Å². The topological polar surface area (TPSA) is 80.9 Å². The zero-order valence-electron chi connectivity index (χ0n) is 11.1. The van der Waals surface area contributed by atoms with Crippen LogP contribution in [0.5, 0.6) is 0 Å². The van der Waals surface area contributed by atoms with Crippen molar-refractivity contribution < 1.29 is 9.90 Å². The quantitative estimate of drug-likeness (QED) is 0.796. The van der Waals surface area contributed by atoms with Gasteiger partial charge in [-0.25, -0.2) is 14.5 Å². The van der Waals surface area contributed by atoms with E-state index in [2.05, 4.69) is 15.1 Å². The predicted molar refractivity (Wildman–Crippen MR) is 75.6 cm³/mol. The number of carboxylic acids is 1. The van der Waals surface area contributed by atoms with Gasteiger partial charge in [0.15, 0.2) is 0 Å². The van der Waals surface area contributed by atoms with Crippen LogP contribution < -0.4 is 0 Å². The number of rotatable bonds is 3. The third-order valence-corrected chi connectivity index (χ3v) is 3.62. The lowest BCUT2D eigenvalue weighted by atomic mass is 10.2. The van der Waals surface area contributed by atoms with Crippen molar-refractivity contribution in [3.05, 3.63) is 48.2 Å². The number of hydrogen-bond donors (Lipinski definition) is 1. The van der Waals surface area contributed by atoms with Crippen LogP contribution in [0.15, 0.2) is 36.5 Å². The van der Waals surface area contributed by atoms with Crippen molar-refractivity contribution in [3.8, 4) is 5.69 Å². The van der Waals surface area contributed by atoms with Gasteiger partial charge in [-0.05, 0) is 37.1 Å². The highest BCUT2D eigenvalue weighted by Crippen LogP contribution is 2.40. The smallest absolute Gasteiger partial charge is 0.375 e. The highest BCUT2D eigenvalue weighted by atomic mass is 16.4. The van der Waals surface area contributed by atoms with Crippen LogP contribution >= 0.6 is 0 Å². The molecule has 0 amide bonds. The Balaban J connectivity index is 1.98. The molecule has 6 heteroatoms. The van der Waals surface area contributed by atoms with Crippen molar-refractivity contribution in [2.24, 2.45) is 0 Å². The van der Waals surface area contributed by atoms with Crippen molar-refractivity contribution in [1.29, 1.82) is 0 Å². The molecule has 1 N–H and O–H groups in total. The Labute approximate surface area is 120 Å². The van der Waals surface area contributed by atoms with Crippen LogP contribution in [0.3, 0.4) is 0 Å². The molecule has 1 aliphatic carbocycles. The number of aromatic carboxylic acids is 1. The summed E-state index contributed by atoms with van der Waals surface area (Å²) in [6.07, 6.45) is 3.79. The minimum atomic E-state index is -1.10. The molecule has 104 valence electrons. The van der Waals surface area contributed by atoms with Crippen molar-refractivity contribution >= 4 is 16.9 Å². The number of carbonyl (C=O) groups is 1. The minimum Gasteiger partial charge on any atom is -0.475 e. The molecule has 21 heavy (non-hydrogen) atoms. The number of nitrogens with zero attached hydrogens (tertiary/aromatic N) is 4. The molecule has 1 saturated carbocycles. The maximum Gasteiger partial charge on any atom is 0.375 e. The van der Waals surface area contributed by atoms with Crippen LogP contribution in [0.1, 0.15) is 35.2 Å². The lowest BCUT2D eigenvalue weighted by Gasteiger charge is -2.08. The Kier molecular flexibility index (Phi) is 2.50. The summed E-state index contributed by atoms with van der Waals surface area (Å²) in [6, 6.07) is 9.54. The summed E-state index contributed by atoms with van der Waals surface area (Å²) in [7, 11) is 0. The Morgan fingerprint density at radius 3 is 2.86 bits per heavy atom. The van der Waals surface area contributed by atoms with Gasteiger partial charge in [-0.15, -0.1) is 5.10 Å². The summed E-state index contributed by atoms with van der Waals surface area (Å²) in [6.45, 7) is 0. The molecule has 0 atom stereocenters. The van der Waals surface area contributed by atoms with Gasteiger partial charge >= 0.3 is 5.97 Å². The van der Waals surface area contributed by atoms with Crippen LogP contribution in [0.4, 0.5) is 0 Å². The molecule has 0 unspecified atom stereocenters. The molecule has 0 aliphatic heterocycles. The molecular weight excluding hydrogens is 268 g/mol. The lowest BCUT2D eigenvalue weighted by molar-refractivity contribution is 0.0683. The van der Waals surface area contributed by atoms with Crippen molar-refractivity contribution in [1.82, 2.24) is 19.7 Å². The van der Waals surface area contributed by atoms with E-state index in [1.807, 2.05) is 30.3 Å². The SMILES string of the molecule is O=C(O)c1nc(C2CC2)n(-c2cccc3ncccc23)n1. The maximum absolute atomic E-state index is 11.2. The van der Waals surface area contributed by atoms with Crippen LogP contribution in [0, 0.1) is 0 Å². The van der Waals surface area contributed by atoms with E-state index in [0.717, 1.165) is 35.3 Å².